The molecule has 0 amide bonds. The molecular formula is C17H16N2O2S. The minimum atomic E-state index is -0.917. The lowest BCUT2D eigenvalue weighted by Crippen LogP contribution is -2.03. The van der Waals surface area contributed by atoms with Crippen LogP contribution in [0.15, 0.2) is 48.5 Å². The van der Waals surface area contributed by atoms with Crippen molar-refractivity contribution in [2.24, 2.45) is 7.05 Å². The van der Waals surface area contributed by atoms with Crippen molar-refractivity contribution in [1.82, 2.24) is 9.29 Å². The summed E-state index contributed by atoms with van der Waals surface area (Å²) >= 11 is 4.07. The van der Waals surface area contributed by atoms with Gasteiger partial charge in [0.1, 0.15) is 5.69 Å². The number of aromatic nitrogens is 1. The van der Waals surface area contributed by atoms with Crippen LogP contribution in [-0.2, 0) is 13.6 Å². The van der Waals surface area contributed by atoms with Crippen LogP contribution in [-0.4, -0.2) is 15.6 Å². The van der Waals surface area contributed by atoms with E-state index in [0.717, 1.165) is 27.6 Å². The first-order chi connectivity index (χ1) is 10.6. The van der Waals surface area contributed by atoms with Crippen molar-refractivity contribution >= 4 is 29.7 Å². The fraction of sp³-hybridized carbons (Fsp3) is 0.118. The third-order valence-corrected chi connectivity index (χ3v) is 4.02. The van der Waals surface area contributed by atoms with Crippen molar-refractivity contribution < 1.29 is 9.90 Å². The predicted molar refractivity (Wildman–Crippen MR) is 91.1 cm³/mol. The van der Waals surface area contributed by atoms with Crippen molar-refractivity contribution in [1.29, 1.82) is 0 Å². The van der Waals surface area contributed by atoms with Gasteiger partial charge in [0, 0.05) is 24.5 Å². The van der Waals surface area contributed by atoms with Crippen molar-refractivity contribution in [2.45, 2.75) is 6.54 Å². The quantitative estimate of drug-likeness (QED) is 0.647. The molecule has 2 N–H and O–H groups in total. The molecule has 4 nitrogen and oxygen atoms in total. The van der Waals surface area contributed by atoms with Gasteiger partial charge in [-0.25, -0.2) is 4.79 Å². The number of nitrogens with one attached hydrogen (secondary N) is 1. The average Bonchev–Trinajstić information content (AvgIpc) is 2.85. The maximum atomic E-state index is 11.2. The molecule has 0 radical (unpaired) electrons. The lowest BCUT2D eigenvalue weighted by atomic mass is 9.99. The van der Waals surface area contributed by atoms with E-state index in [-0.39, 0.29) is 5.69 Å². The van der Waals surface area contributed by atoms with Gasteiger partial charge in [0.05, 0.1) is 0 Å². The number of carbonyl (C=O) groups is 1. The third-order valence-electron chi connectivity index (χ3n) is 3.86. The van der Waals surface area contributed by atoms with Gasteiger partial charge in [0.15, 0.2) is 0 Å². The molecule has 0 fully saturated rings. The summed E-state index contributed by atoms with van der Waals surface area (Å²) in [4.78, 5) is 11.2. The van der Waals surface area contributed by atoms with Crippen LogP contribution < -0.4 is 4.72 Å². The molecule has 0 atom stereocenters. The van der Waals surface area contributed by atoms with Gasteiger partial charge < -0.3 is 9.67 Å². The number of hydrogen-bond donors (Lipinski definition) is 3. The van der Waals surface area contributed by atoms with Crippen LogP contribution in [0, 0.1) is 0 Å². The number of carboxylic acid groups (broad SMARTS) is 1. The Hall–Kier alpha value is -2.24. The van der Waals surface area contributed by atoms with E-state index in [9.17, 15) is 9.90 Å². The van der Waals surface area contributed by atoms with E-state index in [1.165, 1.54) is 0 Å². The maximum absolute atomic E-state index is 11.2. The highest BCUT2D eigenvalue weighted by molar-refractivity contribution is 7.78. The molecule has 3 aromatic rings. The SMILES string of the molecule is Cn1c(C(=O)O)cc2cc(-c3ccccc3CNS)ccc21. The molecule has 2 aromatic carbocycles. The summed E-state index contributed by atoms with van der Waals surface area (Å²) in [5, 5.41) is 10.2. The number of fused-ring (bicyclic) bond motifs is 1. The monoisotopic (exact) mass is 312 g/mol. The first-order valence-electron chi connectivity index (χ1n) is 6.90. The average molecular weight is 312 g/mol. The second-order valence-electron chi connectivity index (χ2n) is 5.16. The molecule has 0 aliphatic carbocycles. The molecule has 0 bridgehead atoms. The molecule has 112 valence electrons. The number of thiol groups is 1. The second-order valence-corrected chi connectivity index (χ2v) is 5.48. The predicted octanol–water partition coefficient (Wildman–Crippen LogP) is 3.48. The van der Waals surface area contributed by atoms with E-state index in [2.05, 4.69) is 29.7 Å². The molecule has 0 unspecified atom stereocenters. The lowest BCUT2D eigenvalue weighted by Gasteiger charge is -2.09. The van der Waals surface area contributed by atoms with Crippen LogP contribution in [0.4, 0.5) is 0 Å². The van der Waals surface area contributed by atoms with E-state index in [0.29, 0.717) is 6.54 Å². The van der Waals surface area contributed by atoms with E-state index in [1.54, 1.807) is 17.7 Å². The first kappa shape index (κ1) is 14.7. The number of nitrogens with zero attached hydrogens (tertiary/aromatic N) is 1. The van der Waals surface area contributed by atoms with Crippen molar-refractivity contribution in [3.05, 3.63) is 59.8 Å². The standard InChI is InChI=1S/C17H16N2O2S/c1-19-15-7-6-11(8-13(15)9-16(19)17(20)21)14-5-3-2-4-12(14)10-18-22/h2-9,18,22H,10H2,1H3,(H,20,21). The number of aromatic carboxylic acids is 1. The Labute approximate surface area is 133 Å². The van der Waals surface area contributed by atoms with E-state index < -0.39 is 5.97 Å². The Kier molecular flexibility index (Phi) is 3.92. The Bertz CT molecular complexity index is 855. The first-order valence-corrected chi connectivity index (χ1v) is 7.34. The highest BCUT2D eigenvalue weighted by Gasteiger charge is 2.13. The minimum Gasteiger partial charge on any atom is -0.477 e. The summed E-state index contributed by atoms with van der Waals surface area (Å²) in [5.41, 5.74) is 4.52. The largest absolute Gasteiger partial charge is 0.477 e. The van der Waals surface area contributed by atoms with Crippen LogP contribution in [0.3, 0.4) is 0 Å². The van der Waals surface area contributed by atoms with Crippen LogP contribution in [0.2, 0.25) is 0 Å². The lowest BCUT2D eigenvalue weighted by molar-refractivity contribution is 0.0687. The van der Waals surface area contributed by atoms with E-state index >= 15 is 0 Å². The van der Waals surface area contributed by atoms with Crippen molar-refractivity contribution in [2.75, 3.05) is 0 Å². The molecule has 0 saturated carbocycles. The van der Waals surface area contributed by atoms with Gasteiger partial charge >= 0.3 is 5.97 Å². The van der Waals surface area contributed by atoms with Crippen LogP contribution in [0.1, 0.15) is 16.1 Å². The molecule has 22 heavy (non-hydrogen) atoms. The maximum Gasteiger partial charge on any atom is 0.352 e. The molecule has 5 heteroatoms. The summed E-state index contributed by atoms with van der Waals surface area (Å²) in [6, 6.07) is 15.8. The molecule has 1 aromatic heterocycles. The van der Waals surface area contributed by atoms with Crippen LogP contribution >= 0.6 is 12.8 Å². The smallest absolute Gasteiger partial charge is 0.352 e. The molecule has 0 aliphatic heterocycles. The molecule has 0 saturated heterocycles. The molecule has 0 spiro atoms. The van der Waals surface area contributed by atoms with Gasteiger partial charge in [-0.1, -0.05) is 43.1 Å². The second kappa shape index (κ2) is 5.87. The summed E-state index contributed by atoms with van der Waals surface area (Å²) in [6.07, 6.45) is 0. The van der Waals surface area contributed by atoms with Crippen molar-refractivity contribution in [3.63, 3.8) is 0 Å². The fourth-order valence-corrected chi connectivity index (χ4v) is 2.93. The van der Waals surface area contributed by atoms with Crippen molar-refractivity contribution in [3.8, 4) is 11.1 Å². The Balaban J connectivity index is 2.15. The topological polar surface area (TPSA) is 54.3 Å². The molecule has 3 rings (SSSR count). The van der Waals surface area contributed by atoms with Gasteiger partial charge in [-0.05, 0) is 34.9 Å². The van der Waals surface area contributed by atoms with Gasteiger partial charge in [0.2, 0.25) is 0 Å². The summed E-state index contributed by atoms with van der Waals surface area (Å²) < 4.78 is 4.57. The zero-order chi connectivity index (χ0) is 15.7. The minimum absolute atomic E-state index is 0.289. The molecule has 1 heterocycles. The Morgan fingerprint density at radius 2 is 2.00 bits per heavy atom. The van der Waals surface area contributed by atoms with Gasteiger partial charge in [-0.2, -0.15) is 0 Å². The van der Waals surface area contributed by atoms with E-state index in [1.807, 2.05) is 30.3 Å². The number of carboxylic acids is 1. The third kappa shape index (κ3) is 2.49. The summed E-state index contributed by atoms with van der Waals surface area (Å²) in [5.74, 6) is -0.917. The molecular weight excluding hydrogens is 296 g/mol. The Morgan fingerprint density at radius 1 is 1.23 bits per heavy atom. The zero-order valence-electron chi connectivity index (χ0n) is 12.1. The Morgan fingerprint density at radius 3 is 2.73 bits per heavy atom. The molecule has 0 aliphatic rings. The number of hydrogen-bond acceptors (Lipinski definition) is 3. The van der Waals surface area contributed by atoms with Gasteiger partial charge in [0.25, 0.3) is 0 Å². The van der Waals surface area contributed by atoms with Gasteiger partial charge in [-0.15, -0.1) is 0 Å². The summed E-state index contributed by atoms with van der Waals surface area (Å²) in [7, 11) is 1.77. The van der Waals surface area contributed by atoms with Crippen LogP contribution in [0.5, 0.6) is 0 Å². The number of rotatable bonds is 4. The zero-order valence-corrected chi connectivity index (χ0v) is 13.0. The van der Waals surface area contributed by atoms with E-state index in [4.69, 9.17) is 0 Å². The fourth-order valence-electron chi connectivity index (χ4n) is 2.76. The highest BCUT2D eigenvalue weighted by Crippen LogP contribution is 2.28. The summed E-state index contributed by atoms with van der Waals surface area (Å²) in [6.45, 7) is 0.659. The van der Waals surface area contributed by atoms with Gasteiger partial charge in [-0.3, -0.25) is 4.72 Å². The van der Waals surface area contributed by atoms with Crippen LogP contribution in [0.25, 0.3) is 22.0 Å². The normalized spacial score (nSPS) is 11.0. The number of aryl methyl sites for hydroxylation is 1. The number of benzene rings is 2. The highest BCUT2D eigenvalue weighted by atomic mass is 32.1.